The summed E-state index contributed by atoms with van der Waals surface area (Å²) in [4.78, 5) is 2.72. The van der Waals surface area contributed by atoms with Crippen LogP contribution in [-0.4, -0.2) is 31.1 Å². The number of benzene rings is 1. The summed E-state index contributed by atoms with van der Waals surface area (Å²) in [6, 6.07) is 11.0. The number of hydrogen-bond acceptors (Lipinski definition) is 2. The minimum Gasteiger partial charge on any atom is -0.316 e. The van der Waals surface area contributed by atoms with Crippen molar-refractivity contribution in [2.24, 2.45) is 23.7 Å². The molecule has 4 atom stereocenters. The lowest BCUT2D eigenvalue weighted by Gasteiger charge is -2.30. The lowest BCUT2D eigenvalue weighted by atomic mass is 9.75. The maximum atomic E-state index is 3.80. The fourth-order valence-electron chi connectivity index (χ4n) is 5.34. The quantitative estimate of drug-likeness (QED) is 0.898. The average Bonchev–Trinajstić information content (AvgIpc) is 2.71. The summed E-state index contributed by atoms with van der Waals surface area (Å²) in [6.45, 7) is 6.32. The first-order valence-electron chi connectivity index (χ1n) is 9.37. The third kappa shape index (κ3) is 3.09. The summed E-state index contributed by atoms with van der Waals surface area (Å²) in [5.74, 6) is 3.77. The lowest BCUT2D eigenvalue weighted by Crippen LogP contribution is -2.30. The lowest BCUT2D eigenvalue weighted by molar-refractivity contribution is 0.201. The van der Waals surface area contributed by atoms with Crippen LogP contribution >= 0.6 is 0 Å². The molecular weight excluding hydrogens is 268 g/mol. The molecule has 22 heavy (non-hydrogen) atoms. The molecule has 2 aliphatic heterocycles. The first-order chi connectivity index (χ1) is 10.9. The molecule has 0 bridgehead atoms. The second kappa shape index (κ2) is 6.72. The molecule has 3 aliphatic rings. The van der Waals surface area contributed by atoms with Gasteiger partial charge in [-0.05, 0) is 55.2 Å². The van der Waals surface area contributed by atoms with Crippen LogP contribution in [0.5, 0.6) is 0 Å². The first kappa shape index (κ1) is 14.7. The first-order valence-corrected chi connectivity index (χ1v) is 9.37. The molecule has 2 nitrogen and oxygen atoms in total. The third-order valence-electron chi connectivity index (χ3n) is 6.40. The highest BCUT2D eigenvalue weighted by atomic mass is 15.2. The minimum absolute atomic E-state index is 0.886. The van der Waals surface area contributed by atoms with Gasteiger partial charge in [-0.2, -0.15) is 0 Å². The zero-order valence-electron chi connectivity index (χ0n) is 13.7. The molecule has 2 saturated heterocycles. The van der Waals surface area contributed by atoms with Crippen LogP contribution < -0.4 is 5.32 Å². The molecule has 1 aromatic rings. The Morgan fingerprint density at radius 3 is 2.59 bits per heavy atom. The Morgan fingerprint density at radius 1 is 0.864 bits per heavy atom. The van der Waals surface area contributed by atoms with E-state index in [2.05, 4.69) is 40.5 Å². The molecule has 1 saturated carbocycles. The fourth-order valence-corrected chi connectivity index (χ4v) is 5.34. The SMILES string of the molecule is c1ccc(CN2CC3CNCC4CCCCCC4C3C2)cc1. The summed E-state index contributed by atoms with van der Waals surface area (Å²) in [6.07, 6.45) is 7.38. The van der Waals surface area contributed by atoms with Gasteiger partial charge in [0.2, 0.25) is 0 Å². The summed E-state index contributed by atoms with van der Waals surface area (Å²) >= 11 is 0. The molecule has 0 aromatic heterocycles. The maximum absolute atomic E-state index is 3.80. The van der Waals surface area contributed by atoms with Crippen molar-refractivity contribution in [3.63, 3.8) is 0 Å². The van der Waals surface area contributed by atoms with Gasteiger partial charge in [-0.15, -0.1) is 0 Å². The van der Waals surface area contributed by atoms with Crippen LogP contribution in [0.3, 0.4) is 0 Å². The van der Waals surface area contributed by atoms with E-state index in [-0.39, 0.29) is 0 Å². The predicted molar refractivity (Wildman–Crippen MR) is 91.6 cm³/mol. The van der Waals surface area contributed by atoms with Crippen LogP contribution in [0.25, 0.3) is 0 Å². The zero-order valence-corrected chi connectivity index (χ0v) is 13.7. The molecule has 1 aromatic carbocycles. The monoisotopic (exact) mass is 298 g/mol. The van der Waals surface area contributed by atoms with Gasteiger partial charge in [0.05, 0.1) is 0 Å². The molecule has 0 spiro atoms. The van der Waals surface area contributed by atoms with E-state index in [1.807, 2.05) is 0 Å². The van der Waals surface area contributed by atoms with E-state index in [9.17, 15) is 0 Å². The van der Waals surface area contributed by atoms with Gasteiger partial charge in [-0.3, -0.25) is 4.90 Å². The van der Waals surface area contributed by atoms with Crippen LogP contribution in [-0.2, 0) is 6.54 Å². The molecule has 3 fully saturated rings. The van der Waals surface area contributed by atoms with Gasteiger partial charge < -0.3 is 5.32 Å². The minimum atomic E-state index is 0.886. The second-order valence-corrected chi connectivity index (χ2v) is 7.82. The number of hydrogen-bond donors (Lipinski definition) is 1. The Labute approximate surface area is 135 Å². The number of likely N-dealkylation sites (tertiary alicyclic amines) is 1. The average molecular weight is 298 g/mol. The van der Waals surface area contributed by atoms with Gasteiger partial charge in [0.15, 0.2) is 0 Å². The Kier molecular flexibility index (Phi) is 4.49. The molecule has 4 rings (SSSR count). The van der Waals surface area contributed by atoms with Gasteiger partial charge in [-0.1, -0.05) is 49.6 Å². The van der Waals surface area contributed by atoms with Crippen molar-refractivity contribution in [2.75, 3.05) is 26.2 Å². The summed E-state index contributed by atoms with van der Waals surface area (Å²) < 4.78 is 0. The van der Waals surface area contributed by atoms with Crippen molar-refractivity contribution in [3.8, 4) is 0 Å². The zero-order chi connectivity index (χ0) is 14.8. The standard InChI is InChI=1S/C20H30N2/c1-3-7-16(8-4-1)13-22-14-18-12-21-11-17-9-5-2-6-10-19(17)20(18)15-22/h1,3-4,7-8,17-21H,2,5-6,9-15H2. The van der Waals surface area contributed by atoms with E-state index >= 15 is 0 Å². The van der Waals surface area contributed by atoms with E-state index in [1.165, 1.54) is 63.8 Å². The number of nitrogens with one attached hydrogen (secondary N) is 1. The summed E-state index contributed by atoms with van der Waals surface area (Å²) in [5.41, 5.74) is 1.48. The van der Waals surface area contributed by atoms with Gasteiger partial charge in [0, 0.05) is 19.6 Å². The molecule has 0 amide bonds. The molecule has 2 heteroatoms. The molecule has 2 heterocycles. The van der Waals surface area contributed by atoms with Gasteiger partial charge >= 0.3 is 0 Å². The molecule has 4 unspecified atom stereocenters. The third-order valence-corrected chi connectivity index (χ3v) is 6.40. The Bertz CT molecular complexity index is 472. The van der Waals surface area contributed by atoms with Crippen LogP contribution in [0.4, 0.5) is 0 Å². The maximum Gasteiger partial charge on any atom is 0.0233 e. The number of fused-ring (bicyclic) bond motifs is 3. The Hall–Kier alpha value is -0.860. The Morgan fingerprint density at radius 2 is 1.68 bits per heavy atom. The molecule has 1 N–H and O–H groups in total. The van der Waals surface area contributed by atoms with Crippen molar-refractivity contribution < 1.29 is 0 Å². The van der Waals surface area contributed by atoms with Gasteiger partial charge in [0.1, 0.15) is 0 Å². The van der Waals surface area contributed by atoms with E-state index in [0.29, 0.717) is 0 Å². The van der Waals surface area contributed by atoms with Crippen molar-refractivity contribution in [1.29, 1.82) is 0 Å². The van der Waals surface area contributed by atoms with Crippen molar-refractivity contribution in [2.45, 2.75) is 38.6 Å². The van der Waals surface area contributed by atoms with Gasteiger partial charge in [0.25, 0.3) is 0 Å². The fraction of sp³-hybridized carbons (Fsp3) is 0.700. The van der Waals surface area contributed by atoms with Crippen molar-refractivity contribution in [1.82, 2.24) is 10.2 Å². The van der Waals surface area contributed by atoms with Crippen LogP contribution in [0.1, 0.15) is 37.7 Å². The highest BCUT2D eigenvalue weighted by Gasteiger charge is 2.42. The van der Waals surface area contributed by atoms with E-state index in [4.69, 9.17) is 0 Å². The highest BCUT2D eigenvalue weighted by molar-refractivity contribution is 5.15. The van der Waals surface area contributed by atoms with E-state index in [1.54, 1.807) is 0 Å². The normalized spacial score (nSPS) is 36.2. The van der Waals surface area contributed by atoms with E-state index in [0.717, 1.165) is 30.2 Å². The smallest absolute Gasteiger partial charge is 0.0233 e. The molecular formula is C20H30N2. The number of nitrogens with zero attached hydrogens (tertiary/aromatic N) is 1. The highest BCUT2D eigenvalue weighted by Crippen LogP contribution is 2.42. The van der Waals surface area contributed by atoms with Crippen LogP contribution in [0, 0.1) is 23.7 Å². The van der Waals surface area contributed by atoms with Gasteiger partial charge in [-0.25, -0.2) is 0 Å². The largest absolute Gasteiger partial charge is 0.316 e. The second-order valence-electron chi connectivity index (χ2n) is 7.82. The van der Waals surface area contributed by atoms with Crippen molar-refractivity contribution >= 4 is 0 Å². The molecule has 120 valence electrons. The van der Waals surface area contributed by atoms with Crippen LogP contribution in [0.15, 0.2) is 30.3 Å². The van der Waals surface area contributed by atoms with Crippen molar-refractivity contribution in [3.05, 3.63) is 35.9 Å². The van der Waals surface area contributed by atoms with Crippen LogP contribution in [0.2, 0.25) is 0 Å². The Balaban J connectivity index is 1.46. The van der Waals surface area contributed by atoms with E-state index < -0.39 is 0 Å². The summed E-state index contributed by atoms with van der Waals surface area (Å²) in [5, 5.41) is 3.80. The summed E-state index contributed by atoms with van der Waals surface area (Å²) in [7, 11) is 0. The molecule has 1 aliphatic carbocycles. The number of rotatable bonds is 2. The molecule has 0 radical (unpaired) electrons. The topological polar surface area (TPSA) is 15.3 Å². The predicted octanol–water partition coefficient (Wildman–Crippen LogP) is 3.53.